The van der Waals surface area contributed by atoms with E-state index in [0.29, 0.717) is 5.75 Å². The molecule has 1 amide bonds. The maximum absolute atomic E-state index is 10.6. The zero-order valence-electron chi connectivity index (χ0n) is 4.40. The van der Waals surface area contributed by atoms with E-state index in [9.17, 15) is 4.79 Å². The molecule has 1 atom stereocenters. The first kappa shape index (κ1) is 6.23. The number of rotatable bonds is 0. The van der Waals surface area contributed by atoms with E-state index in [1.165, 1.54) is 11.9 Å². The van der Waals surface area contributed by atoms with Crippen LogP contribution in [0.15, 0.2) is 0 Å². The molecule has 46 valence electrons. The van der Waals surface area contributed by atoms with Crippen molar-refractivity contribution in [2.24, 2.45) is 0 Å². The number of hydrogen-bond acceptors (Lipinski definition) is 2. The molecule has 1 fully saturated rings. The molecule has 1 N–H and O–H groups in total. The van der Waals surface area contributed by atoms with Gasteiger partial charge in [0.2, 0.25) is 0 Å². The summed E-state index contributed by atoms with van der Waals surface area (Å²) in [5.41, 5.74) is 0. The lowest BCUT2D eigenvalue weighted by Crippen LogP contribution is -2.30. The number of hydrogen-bond donors (Lipinski definition) is 1. The zero-order chi connectivity index (χ0) is 6.20. The van der Waals surface area contributed by atoms with Gasteiger partial charge in [0, 0.05) is 5.75 Å². The quantitative estimate of drug-likeness (QED) is 0.409. The Hall–Kier alpha value is 0.110. The van der Waals surface area contributed by atoms with Gasteiger partial charge in [-0.1, -0.05) is 0 Å². The topological polar surface area (TPSA) is 29.1 Å². The number of alkyl halides is 1. The predicted molar refractivity (Wildman–Crippen MR) is 34.9 cm³/mol. The van der Waals surface area contributed by atoms with E-state index in [1.54, 1.807) is 6.92 Å². The molecule has 1 aliphatic rings. The summed E-state index contributed by atoms with van der Waals surface area (Å²) >= 11 is 7.04. The Morgan fingerprint density at radius 3 is 2.75 bits per heavy atom. The third-order valence-electron chi connectivity index (χ3n) is 0.982. The van der Waals surface area contributed by atoms with Gasteiger partial charge < -0.3 is 0 Å². The van der Waals surface area contributed by atoms with Crippen molar-refractivity contribution < 1.29 is 4.79 Å². The fraction of sp³-hybridized carbons (Fsp3) is 0.750. The first-order valence-corrected chi connectivity index (χ1v) is 3.60. The van der Waals surface area contributed by atoms with Crippen molar-refractivity contribution in [3.8, 4) is 0 Å². The number of carbonyl (C=O) groups is 1. The van der Waals surface area contributed by atoms with E-state index < -0.39 is 4.87 Å². The fourth-order valence-corrected chi connectivity index (χ4v) is 1.51. The molecule has 4 heteroatoms. The van der Waals surface area contributed by atoms with Gasteiger partial charge in [0.15, 0.2) is 0 Å². The molecule has 0 saturated carbocycles. The Kier molecular flexibility index (Phi) is 1.41. The second kappa shape index (κ2) is 1.81. The van der Waals surface area contributed by atoms with E-state index in [1.807, 2.05) is 0 Å². The molecule has 1 saturated heterocycles. The second-order valence-electron chi connectivity index (χ2n) is 1.92. The molecule has 0 aromatic heterocycles. The number of halogens is 1. The first-order valence-electron chi connectivity index (χ1n) is 2.24. The molecule has 0 bridgehead atoms. The van der Waals surface area contributed by atoms with Crippen molar-refractivity contribution >= 4 is 29.5 Å². The van der Waals surface area contributed by atoms with Gasteiger partial charge >= 0.3 is 0 Å². The van der Waals surface area contributed by atoms with Crippen molar-refractivity contribution in [2.45, 2.75) is 11.8 Å². The van der Waals surface area contributed by atoms with Gasteiger partial charge in [-0.15, -0.1) is 11.6 Å². The lowest BCUT2D eigenvalue weighted by atomic mass is 10.2. The molecule has 1 aliphatic heterocycles. The Balaban J connectivity index is 2.68. The first-order chi connectivity index (χ1) is 3.63. The number of amides is 1. The fourth-order valence-electron chi connectivity index (χ4n) is 0.409. The van der Waals surface area contributed by atoms with Crippen LogP contribution in [0.1, 0.15) is 6.92 Å². The number of carbonyl (C=O) groups excluding carboxylic acids is 1. The average Bonchev–Trinajstić information content (AvgIpc) is 1.86. The molecule has 0 aromatic rings. The summed E-state index contributed by atoms with van der Waals surface area (Å²) < 4.78 is 2.56. The molecule has 0 aromatic carbocycles. The average molecular weight is 152 g/mol. The standard InChI is InChI=1S/C4H6ClNOS/c1-4(5)2-8-6-3(4)7/h2H2,1H3,(H,6,7). The van der Waals surface area contributed by atoms with E-state index in [2.05, 4.69) is 4.72 Å². The van der Waals surface area contributed by atoms with Crippen molar-refractivity contribution in [1.29, 1.82) is 0 Å². The second-order valence-corrected chi connectivity index (χ2v) is 3.53. The zero-order valence-corrected chi connectivity index (χ0v) is 5.97. The third-order valence-corrected chi connectivity index (χ3v) is 2.50. The summed E-state index contributed by atoms with van der Waals surface area (Å²) in [7, 11) is 0. The minimum atomic E-state index is -0.662. The van der Waals surface area contributed by atoms with Gasteiger partial charge in [-0.05, 0) is 18.9 Å². The Morgan fingerprint density at radius 1 is 2.00 bits per heavy atom. The highest BCUT2D eigenvalue weighted by Gasteiger charge is 2.35. The molecule has 0 aliphatic carbocycles. The smallest absolute Gasteiger partial charge is 0.251 e. The molecule has 1 unspecified atom stereocenters. The van der Waals surface area contributed by atoms with Gasteiger partial charge in [-0.3, -0.25) is 9.52 Å². The van der Waals surface area contributed by atoms with Crippen LogP contribution in [-0.2, 0) is 4.79 Å². The summed E-state index contributed by atoms with van der Waals surface area (Å²) in [5, 5.41) is 0. The molecular formula is C4H6ClNOS. The minimum absolute atomic E-state index is 0.0795. The van der Waals surface area contributed by atoms with Crippen LogP contribution in [-0.4, -0.2) is 16.5 Å². The maximum atomic E-state index is 10.6. The highest BCUT2D eigenvalue weighted by atomic mass is 35.5. The Labute approximate surface area is 57.1 Å². The van der Waals surface area contributed by atoms with Crippen LogP contribution in [0.2, 0.25) is 0 Å². The summed E-state index contributed by atoms with van der Waals surface area (Å²) in [6.45, 7) is 1.71. The van der Waals surface area contributed by atoms with Crippen molar-refractivity contribution in [1.82, 2.24) is 4.72 Å². The summed E-state index contributed by atoms with van der Waals surface area (Å²) in [6.07, 6.45) is 0. The molecule has 0 spiro atoms. The van der Waals surface area contributed by atoms with Crippen LogP contribution < -0.4 is 4.72 Å². The highest BCUT2D eigenvalue weighted by molar-refractivity contribution is 7.98. The van der Waals surface area contributed by atoms with Crippen LogP contribution in [0.3, 0.4) is 0 Å². The molecule has 8 heavy (non-hydrogen) atoms. The van der Waals surface area contributed by atoms with E-state index in [4.69, 9.17) is 11.6 Å². The maximum Gasteiger partial charge on any atom is 0.251 e. The summed E-state index contributed by atoms with van der Waals surface area (Å²) in [4.78, 5) is 9.97. The number of nitrogens with one attached hydrogen (secondary N) is 1. The van der Waals surface area contributed by atoms with Crippen LogP contribution in [0, 0.1) is 0 Å². The lowest BCUT2D eigenvalue weighted by molar-refractivity contribution is -0.120. The lowest BCUT2D eigenvalue weighted by Gasteiger charge is -2.05. The van der Waals surface area contributed by atoms with Crippen LogP contribution in [0.5, 0.6) is 0 Å². The van der Waals surface area contributed by atoms with E-state index >= 15 is 0 Å². The van der Waals surface area contributed by atoms with Gasteiger partial charge in [0.25, 0.3) is 5.91 Å². The Bertz CT molecular complexity index is 125. The van der Waals surface area contributed by atoms with Crippen LogP contribution in [0.4, 0.5) is 0 Å². The minimum Gasteiger partial charge on any atom is -0.299 e. The van der Waals surface area contributed by atoms with Crippen molar-refractivity contribution in [3.63, 3.8) is 0 Å². The van der Waals surface area contributed by atoms with Crippen molar-refractivity contribution in [2.75, 3.05) is 5.75 Å². The third kappa shape index (κ3) is 0.928. The largest absolute Gasteiger partial charge is 0.299 e. The highest BCUT2D eigenvalue weighted by Crippen LogP contribution is 2.25. The van der Waals surface area contributed by atoms with Gasteiger partial charge in [-0.2, -0.15) is 0 Å². The van der Waals surface area contributed by atoms with E-state index in [0.717, 1.165) is 0 Å². The van der Waals surface area contributed by atoms with Gasteiger partial charge in [-0.25, -0.2) is 0 Å². The normalized spacial score (nSPS) is 37.5. The monoisotopic (exact) mass is 151 g/mol. The summed E-state index contributed by atoms with van der Waals surface area (Å²) in [6, 6.07) is 0. The van der Waals surface area contributed by atoms with E-state index in [-0.39, 0.29) is 5.91 Å². The van der Waals surface area contributed by atoms with Crippen LogP contribution >= 0.6 is 23.5 Å². The molecule has 0 radical (unpaired) electrons. The van der Waals surface area contributed by atoms with Crippen LogP contribution in [0.25, 0.3) is 0 Å². The molecule has 1 rings (SSSR count). The molecule has 2 nitrogen and oxygen atoms in total. The Morgan fingerprint density at radius 2 is 2.62 bits per heavy atom. The summed E-state index contributed by atoms with van der Waals surface area (Å²) in [5.74, 6) is 0.581. The molecule has 1 heterocycles. The predicted octanol–water partition coefficient (Wildman–Crippen LogP) is 0.762. The SMILES string of the molecule is CC1(Cl)CSNC1=O. The van der Waals surface area contributed by atoms with Gasteiger partial charge in [0.1, 0.15) is 4.87 Å². The molecular weight excluding hydrogens is 146 g/mol. The van der Waals surface area contributed by atoms with Crippen molar-refractivity contribution in [3.05, 3.63) is 0 Å². The van der Waals surface area contributed by atoms with Gasteiger partial charge in [0.05, 0.1) is 0 Å².